The Kier molecular flexibility index (Phi) is 8.73. The number of rotatable bonds is 9. The predicted molar refractivity (Wildman–Crippen MR) is 144 cm³/mol. The van der Waals surface area contributed by atoms with E-state index in [2.05, 4.69) is 43.0 Å². The summed E-state index contributed by atoms with van der Waals surface area (Å²) in [5.74, 6) is 0.395. The van der Waals surface area contributed by atoms with E-state index in [1.54, 1.807) is 6.08 Å². The van der Waals surface area contributed by atoms with Crippen LogP contribution in [0.3, 0.4) is 0 Å². The molecule has 4 aromatic rings. The molecule has 1 amide bonds. The Morgan fingerprint density at radius 1 is 1.24 bits per heavy atom. The molecule has 0 radical (unpaired) electrons. The number of amides is 1. The fourth-order valence-electron chi connectivity index (χ4n) is 3.34. The summed E-state index contributed by atoms with van der Waals surface area (Å²) in [6.45, 7) is 4.25. The minimum Gasteiger partial charge on any atom is -0.301 e. The van der Waals surface area contributed by atoms with Crippen LogP contribution in [-0.4, -0.2) is 31.4 Å². The molecule has 0 aliphatic heterocycles. The van der Waals surface area contributed by atoms with Gasteiger partial charge in [-0.1, -0.05) is 63.6 Å². The number of alkyl halides is 3. The molecule has 0 spiro atoms. The Balaban J connectivity index is 1.40. The highest BCUT2D eigenvalue weighted by atomic mass is 79.9. The molecule has 0 saturated carbocycles. The second kappa shape index (κ2) is 11.8. The van der Waals surface area contributed by atoms with E-state index >= 15 is 0 Å². The van der Waals surface area contributed by atoms with Crippen molar-refractivity contribution in [2.45, 2.75) is 24.3 Å². The number of allylic oxidation sites excluding steroid dienone is 1. The van der Waals surface area contributed by atoms with Crippen molar-refractivity contribution in [2.24, 2.45) is 0 Å². The van der Waals surface area contributed by atoms with Crippen molar-refractivity contribution in [1.82, 2.24) is 19.7 Å². The maximum Gasteiger partial charge on any atom is 0.416 e. The lowest BCUT2D eigenvalue weighted by Crippen LogP contribution is -2.14. The molecule has 0 aliphatic carbocycles. The zero-order chi connectivity index (χ0) is 26.6. The minimum atomic E-state index is -4.46. The number of anilines is 1. The van der Waals surface area contributed by atoms with Crippen LogP contribution in [0.15, 0.2) is 70.9 Å². The van der Waals surface area contributed by atoms with E-state index in [0.29, 0.717) is 33.1 Å². The average molecular weight is 629 g/mol. The highest BCUT2D eigenvalue weighted by Gasteiger charge is 2.31. The third-order valence-electron chi connectivity index (χ3n) is 5.01. The number of carbonyl (C=O) groups is 1. The van der Waals surface area contributed by atoms with Gasteiger partial charge >= 0.3 is 6.18 Å². The molecule has 1 N–H and O–H groups in total. The quantitative estimate of drug-likeness (QED) is 0.155. The molecule has 0 aliphatic rings. The highest BCUT2D eigenvalue weighted by Crippen LogP contribution is 2.34. The normalized spacial score (nSPS) is 11.5. The van der Waals surface area contributed by atoms with E-state index in [1.165, 1.54) is 35.4 Å². The maximum absolute atomic E-state index is 13.0. The van der Waals surface area contributed by atoms with Crippen LogP contribution in [0.5, 0.6) is 0 Å². The van der Waals surface area contributed by atoms with Crippen LogP contribution in [0.25, 0.3) is 11.4 Å². The van der Waals surface area contributed by atoms with Crippen molar-refractivity contribution in [2.75, 3.05) is 11.1 Å². The first-order valence-electron chi connectivity index (χ1n) is 10.7. The Bertz CT molecular complexity index is 1440. The number of aromatic nitrogens is 4. The molecule has 13 heteroatoms. The minimum absolute atomic E-state index is 0.0552. The molecule has 4 rings (SSSR count). The third-order valence-corrected chi connectivity index (χ3v) is 7.95. The van der Waals surface area contributed by atoms with E-state index < -0.39 is 11.7 Å². The summed E-state index contributed by atoms with van der Waals surface area (Å²) in [6, 6.07) is 10.8. The van der Waals surface area contributed by atoms with Crippen LogP contribution in [-0.2, 0) is 23.9 Å². The van der Waals surface area contributed by atoms with Crippen LogP contribution in [0, 0.1) is 0 Å². The van der Waals surface area contributed by atoms with E-state index in [1.807, 2.05) is 28.8 Å². The fourth-order valence-corrected chi connectivity index (χ4v) is 5.58. The van der Waals surface area contributed by atoms with Gasteiger partial charge in [0.05, 0.1) is 11.3 Å². The number of nitrogens with one attached hydrogen (secondary N) is 1. The zero-order valence-corrected chi connectivity index (χ0v) is 22.9. The fraction of sp³-hybridized carbons (Fsp3) is 0.167. The van der Waals surface area contributed by atoms with E-state index in [-0.39, 0.29) is 23.1 Å². The zero-order valence-electron chi connectivity index (χ0n) is 18.9. The molecule has 0 unspecified atom stereocenters. The smallest absolute Gasteiger partial charge is 0.301 e. The number of carbonyl (C=O) groups excluding carboxylic acids is 1. The second-order valence-corrected chi connectivity index (χ2v) is 11.0. The molecular weight excluding hydrogens is 611 g/mol. The van der Waals surface area contributed by atoms with Crippen LogP contribution in [0.1, 0.15) is 16.0 Å². The van der Waals surface area contributed by atoms with Gasteiger partial charge in [0.15, 0.2) is 16.1 Å². The van der Waals surface area contributed by atoms with Gasteiger partial charge in [0.25, 0.3) is 0 Å². The number of nitrogens with zero attached hydrogens (tertiary/aromatic N) is 4. The molecule has 2 aromatic heterocycles. The van der Waals surface area contributed by atoms with Crippen LogP contribution < -0.4 is 5.32 Å². The summed E-state index contributed by atoms with van der Waals surface area (Å²) in [7, 11) is 0. The number of thiazole rings is 1. The van der Waals surface area contributed by atoms with Crippen molar-refractivity contribution < 1.29 is 18.0 Å². The Morgan fingerprint density at radius 2 is 2.03 bits per heavy atom. The topological polar surface area (TPSA) is 72.7 Å². The number of hydrogen-bond donors (Lipinski definition) is 1. The van der Waals surface area contributed by atoms with Crippen molar-refractivity contribution in [3.8, 4) is 11.4 Å². The Morgan fingerprint density at radius 3 is 2.76 bits per heavy atom. The van der Waals surface area contributed by atoms with Gasteiger partial charge < -0.3 is 5.32 Å². The summed E-state index contributed by atoms with van der Waals surface area (Å²) in [5.41, 5.74) is 0.425. The van der Waals surface area contributed by atoms with Crippen molar-refractivity contribution >= 4 is 61.7 Å². The van der Waals surface area contributed by atoms with Gasteiger partial charge in [0.1, 0.15) is 0 Å². The lowest BCUT2D eigenvalue weighted by Gasteiger charge is -2.09. The van der Waals surface area contributed by atoms with Gasteiger partial charge in [-0.3, -0.25) is 9.36 Å². The van der Waals surface area contributed by atoms with Gasteiger partial charge in [0.2, 0.25) is 5.91 Å². The summed E-state index contributed by atoms with van der Waals surface area (Å²) in [4.78, 5) is 17.4. The molecule has 6 nitrogen and oxygen atoms in total. The SMILES string of the molecule is C=CCn1c(SCC(=O)Nc2ncc(Cc3cc(C(F)(F)F)ccc3Cl)s2)nnc1-c1ccccc1Br. The molecule has 37 heavy (non-hydrogen) atoms. The van der Waals surface area contributed by atoms with Gasteiger partial charge in [-0.2, -0.15) is 13.2 Å². The molecule has 2 aromatic carbocycles. The first-order valence-corrected chi connectivity index (χ1v) is 13.6. The van der Waals surface area contributed by atoms with Gasteiger partial charge in [-0.15, -0.1) is 28.1 Å². The van der Waals surface area contributed by atoms with Crippen molar-refractivity contribution in [1.29, 1.82) is 0 Å². The monoisotopic (exact) mass is 627 g/mol. The number of benzene rings is 2. The van der Waals surface area contributed by atoms with E-state index in [0.717, 1.165) is 22.2 Å². The molecule has 0 fully saturated rings. The summed E-state index contributed by atoms with van der Waals surface area (Å²) >= 11 is 12.0. The standard InChI is InChI=1S/C24H18BrClF3N5OS2/c1-2-9-34-21(17-5-3-4-6-18(17)25)32-33-23(34)36-13-20(35)31-22-30-12-16(37-22)11-14-10-15(24(27,28)29)7-8-19(14)26/h2-8,10,12H,1,9,11,13H2,(H,30,31,35). The molecule has 192 valence electrons. The first kappa shape index (κ1) is 27.4. The molecule has 0 atom stereocenters. The van der Waals surface area contributed by atoms with E-state index in [4.69, 9.17) is 11.6 Å². The molecule has 2 heterocycles. The van der Waals surface area contributed by atoms with Gasteiger partial charge in [0, 0.05) is 39.1 Å². The lowest BCUT2D eigenvalue weighted by atomic mass is 10.1. The lowest BCUT2D eigenvalue weighted by molar-refractivity contribution is -0.137. The average Bonchev–Trinajstić information content (AvgIpc) is 3.45. The van der Waals surface area contributed by atoms with Gasteiger partial charge in [-0.05, 0) is 29.8 Å². The Hall–Kier alpha value is -2.67. The first-order chi connectivity index (χ1) is 17.7. The number of halogens is 5. The van der Waals surface area contributed by atoms with Crippen molar-refractivity contribution in [3.05, 3.63) is 86.8 Å². The molecular formula is C24H18BrClF3N5OS2. The second-order valence-electron chi connectivity index (χ2n) is 7.63. The predicted octanol–water partition coefficient (Wildman–Crippen LogP) is 7.34. The highest BCUT2D eigenvalue weighted by molar-refractivity contribution is 9.10. The van der Waals surface area contributed by atoms with Crippen LogP contribution >= 0.6 is 50.6 Å². The molecule has 0 saturated heterocycles. The van der Waals surface area contributed by atoms with Gasteiger partial charge in [-0.25, -0.2) is 4.98 Å². The largest absolute Gasteiger partial charge is 0.416 e. The molecule has 0 bridgehead atoms. The summed E-state index contributed by atoms with van der Waals surface area (Å²) < 4.78 is 41.8. The van der Waals surface area contributed by atoms with Crippen LogP contribution in [0.4, 0.5) is 18.3 Å². The third kappa shape index (κ3) is 6.81. The summed E-state index contributed by atoms with van der Waals surface area (Å²) in [6.07, 6.45) is -1.07. The van der Waals surface area contributed by atoms with Crippen molar-refractivity contribution in [3.63, 3.8) is 0 Å². The summed E-state index contributed by atoms with van der Waals surface area (Å²) in [5, 5.41) is 12.4. The van der Waals surface area contributed by atoms with Crippen LogP contribution in [0.2, 0.25) is 5.02 Å². The van der Waals surface area contributed by atoms with E-state index in [9.17, 15) is 18.0 Å². The maximum atomic E-state index is 13.0. The number of hydrogen-bond acceptors (Lipinski definition) is 6. The number of thioether (sulfide) groups is 1. The Labute approximate surface area is 232 Å².